The van der Waals surface area contributed by atoms with Crippen LogP contribution in [0.25, 0.3) is 11.1 Å². The van der Waals surface area contributed by atoms with Crippen LogP contribution < -0.4 is 9.47 Å². The summed E-state index contributed by atoms with van der Waals surface area (Å²) in [6.07, 6.45) is 7.63. The largest absolute Gasteiger partial charge is 0.491 e. The normalized spacial score (nSPS) is 17.0. The Labute approximate surface area is 244 Å². The maximum Gasteiger partial charge on any atom is 0.201 e. The smallest absolute Gasteiger partial charge is 0.201 e. The maximum absolute atomic E-state index is 15.2. The van der Waals surface area contributed by atoms with Crippen LogP contribution in [0.5, 0.6) is 11.5 Å². The Balaban J connectivity index is 1.34. The van der Waals surface area contributed by atoms with E-state index in [1.807, 2.05) is 0 Å². The Bertz CT molecular complexity index is 1350. The van der Waals surface area contributed by atoms with E-state index in [9.17, 15) is 17.6 Å². The van der Waals surface area contributed by atoms with E-state index in [1.165, 1.54) is 30.3 Å². The Morgan fingerprint density at radius 2 is 1.24 bits per heavy atom. The van der Waals surface area contributed by atoms with Crippen molar-refractivity contribution in [3.8, 4) is 22.6 Å². The van der Waals surface area contributed by atoms with Crippen molar-refractivity contribution in [3.63, 3.8) is 0 Å². The molecule has 1 saturated carbocycles. The molecule has 0 spiro atoms. The van der Waals surface area contributed by atoms with Gasteiger partial charge in [-0.3, -0.25) is 0 Å². The summed E-state index contributed by atoms with van der Waals surface area (Å²) in [5.41, 5.74) is -0.223. The van der Waals surface area contributed by atoms with Crippen LogP contribution in [0.15, 0.2) is 36.4 Å². The Hall–Kier alpha value is -3.16. The van der Waals surface area contributed by atoms with E-state index in [2.05, 4.69) is 6.92 Å². The molecule has 42 heavy (non-hydrogen) atoms. The fourth-order valence-corrected chi connectivity index (χ4v) is 5.80. The van der Waals surface area contributed by atoms with Gasteiger partial charge < -0.3 is 9.47 Å². The van der Waals surface area contributed by atoms with E-state index in [1.54, 1.807) is 13.0 Å². The van der Waals surface area contributed by atoms with Crippen molar-refractivity contribution in [2.24, 2.45) is 5.92 Å². The average molecular weight is 593 g/mol. The van der Waals surface area contributed by atoms with Crippen molar-refractivity contribution >= 4 is 0 Å². The van der Waals surface area contributed by atoms with Crippen LogP contribution in [0.2, 0.25) is 0 Å². The molecule has 0 unspecified atom stereocenters. The molecule has 0 atom stereocenters. The van der Waals surface area contributed by atoms with Crippen LogP contribution in [-0.4, -0.2) is 13.2 Å². The van der Waals surface area contributed by atoms with Gasteiger partial charge in [0.2, 0.25) is 11.6 Å². The fourth-order valence-electron chi connectivity index (χ4n) is 5.80. The topological polar surface area (TPSA) is 18.5 Å². The minimum atomic E-state index is -1.30. The molecule has 0 N–H and O–H groups in total. The van der Waals surface area contributed by atoms with Crippen molar-refractivity contribution in [3.05, 3.63) is 82.4 Å². The lowest BCUT2D eigenvalue weighted by atomic mass is 9.76. The Morgan fingerprint density at radius 1 is 0.619 bits per heavy atom. The standard InChI is InChI=1S/C34H38F6O2/c1-3-5-6-7-20-42-28-18-14-23(29(35)33(28)39)13-10-21-8-11-22(12-9-21)24-15-16-25(31(37)30(24)36)26-17-19-27(41-4-2)34(40)32(26)38/h14-19,21-22H,3-13,20H2,1-2H3/t21-,22-. The highest BCUT2D eigenvalue weighted by molar-refractivity contribution is 5.66. The molecule has 0 aromatic heterocycles. The number of unbranched alkanes of at least 4 members (excludes halogenated alkanes) is 3. The first kappa shape index (κ1) is 31.8. The second-order valence-electron chi connectivity index (χ2n) is 11.0. The monoisotopic (exact) mass is 592 g/mol. The Morgan fingerprint density at radius 3 is 1.93 bits per heavy atom. The zero-order valence-electron chi connectivity index (χ0n) is 24.2. The first-order valence-corrected chi connectivity index (χ1v) is 14.9. The summed E-state index contributed by atoms with van der Waals surface area (Å²) in [5, 5.41) is 0. The van der Waals surface area contributed by atoms with Crippen molar-refractivity contribution in [2.45, 2.75) is 84.0 Å². The molecule has 3 aromatic rings. The summed E-state index contributed by atoms with van der Waals surface area (Å²) >= 11 is 0. The van der Waals surface area contributed by atoms with Crippen LogP contribution in [0.3, 0.4) is 0 Å². The second kappa shape index (κ2) is 14.8. The molecule has 1 fully saturated rings. The van der Waals surface area contributed by atoms with Gasteiger partial charge in [0.05, 0.1) is 13.2 Å². The molecule has 3 aromatic carbocycles. The Kier molecular flexibility index (Phi) is 11.2. The van der Waals surface area contributed by atoms with Crippen molar-refractivity contribution < 1.29 is 35.8 Å². The number of rotatable bonds is 13. The third kappa shape index (κ3) is 7.24. The molecule has 1 aliphatic carbocycles. The minimum absolute atomic E-state index is 0.0658. The summed E-state index contributed by atoms with van der Waals surface area (Å²) in [6, 6.07) is 8.16. The van der Waals surface area contributed by atoms with Gasteiger partial charge in [-0.2, -0.15) is 8.78 Å². The molecule has 8 heteroatoms. The molecule has 2 nitrogen and oxygen atoms in total. The summed E-state index contributed by atoms with van der Waals surface area (Å²) < 4.78 is 98.9. The maximum atomic E-state index is 15.2. The van der Waals surface area contributed by atoms with E-state index in [0.717, 1.165) is 38.5 Å². The molecule has 1 aliphatic rings. The van der Waals surface area contributed by atoms with E-state index >= 15 is 8.78 Å². The van der Waals surface area contributed by atoms with Crippen LogP contribution in [-0.2, 0) is 6.42 Å². The zero-order chi connectivity index (χ0) is 30.2. The van der Waals surface area contributed by atoms with E-state index in [0.29, 0.717) is 37.9 Å². The molecule has 0 bridgehead atoms. The molecule has 0 radical (unpaired) electrons. The summed E-state index contributed by atoms with van der Waals surface area (Å²) in [6.45, 7) is 4.20. The number of hydrogen-bond donors (Lipinski definition) is 0. The second-order valence-corrected chi connectivity index (χ2v) is 11.0. The average Bonchev–Trinajstić information content (AvgIpc) is 2.99. The zero-order valence-corrected chi connectivity index (χ0v) is 24.2. The van der Waals surface area contributed by atoms with Crippen LogP contribution >= 0.6 is 0 Å². The summed E-state index contributed by atoms with van der Waals surface area (Å²) in [7, 11) is 0. The molecular formula is C34H38F6O2. The third-order valence-corrected chi connectivity index (χ3v) is 8.24. The van der Waals surface area contributed by atoms with Gasteiger partial charge >= 0.3 is 0 Å². The van der Waals surface area contributed by atoms with Crippen LogP contribution in [0.4, 0.5) is 26.3 Å². The molecule has 0 saturated heterocycles. The van der Waals surface area contributed by atoms with Crippen LogP contribution in [0, 0.1) is 40.8 Å². The SMILES string of the molecule is CCCCCCOc1ccc(CC[C@H]2CC[C@H](c3ccc(-c4ccc(OCC)c(F)c4F)c(F)c3F)CC2)c(F)c1F. The summed E-state index contributed by atoms with van der Waals surface area (Å²) in [4.78, 5) is 0. The van der Waals surface area contributed by atoms with Gasteiger partial charge in [0, 0.05) is 11.1 Å². The highest BCUT2D eigenvalue weighted by Crippen LogP contribution is 2.41. The van der Waals surface area contributed by atoms with Gasteiger partial charge in [-0.1, -0.05) is 44.4 Å². The van der Waals surface area contributed by atoms with Gasteiger partial charge in [-0.15, -0.1) is 0 Å². The highest BCUT2D eigenvalue weighted by atomic mass is 19.2. The highest BCUT2D eigenvalue weighted by Gasteiger charge is 2.28. The van der Waals surface area contributed by atoms with Gasteiger partial charge in [0.15, 0.2) is 34.8 Å². The number of ether oxygens (including phenoxy) is 2. The number of aryl methyl sites for hydroxylation is 1. The van der Waals surface area contributed by atoms with Gasteiger partial charge in [-0.05, 0) is 93.0 Å². The lowest BCUT2D eigenvalue weighted by Crippen LogP contribution is -2.16. The van der Waals surface area contributed by atoms with E-state index in [-0.39, 0.29) is 46.6 Å². The third-order valence-electron chi connectivity index (χ3n) is 8.24. The first-order valence-electron chi connectivity index (χ1n) is 14.9. The fraction of sp³-hybridized carbons (Fsp3) is 0.471. The molecule has 0 heterocycles. The lowest BCUT2D eigenvalue weighted by Gasteiger charge is -2.29. The number of hydrogen-bond acceptors (Lipinski definition) is 2. The van der Waals surface area contributed by atoms with Crippen molar-refractivity contribution in [2.75, 3.05) is 13.2 Å². The minimum Gasteiger partial charge on any atom is -0.491 e. The van der Waals surface area contributed by atoms with Gasteiger partial charge in [0.25, 0.3) is 0 Å². The predicted octanol–water partition coefficient (Wildman–Crippen LogP) is 10.5. The lowest BCUT2D eigenvalue weighted by molar-refractivity contribution is 0.283. The molecule has 0 amide bonds. The summed E-state index contributed by atoms with van der Waals surface area (Å²) in [5.74, 6) is -7.01. The molecule has 228 valence electrons. The van der Waals surface area contributed by atoms with E-state index < -0.39 is 34.9 Å². The molecular weight excluding hydrogens is 554 g/mol. The van der Waals surface area contributed by atoms with Crippen molar-refractivity contribution in [1.82, 2.24) is 0 Å². The molecule has 0 aliphatic heterocycles. The predicted molar refractivity (Wildman–Crippen MR) is 152 cm³/mol. The molecule has 4 rings (SSSR count). The van der Waals surface area contributed by atoms with Crippen molar-refractivity contribution in [1.29, 1.82) is 0 Å². The number of halogens is 6. The number of benzene rings is 3. The quantitative estimate of drug-likeness (QED) is 0.145. The van der Waals surface area contributed by atoms with E-state index in [4.69, 9.17) is 9.47 Å². The van der Waals surface area contributed by atoms with Gasteiger partial charge in [-0.25, -0.2) is 17.6 Å². The first-order chi connectivity index (χ1) is 20.3. The van der Waals surface area contributed by atoms with Crippen LogP contribution in [0.1, 0.15) is 88.7 Å². The van der Waals surface area contributed by atoms with Gasteiger partial charge in [0.1, 0.15) is 0 Å².